The normalized spacial score (nSPS) is 12.6. The van der Waals surface area contributed by atoms with Crippen LogP contribution < -0.4 is 4.74 Å². The van der Waals surface area contributed by atoms with Crippen molar-refractivity contribution in [3.05, 3.63) is 71.7 Å². The second kappa shape index (κ2) is 8.30. The molecule has 0 aliphatic heterocycles. The summed E-state index contributed by atoms with van der Waals surface area (Å²) < 4.78 is 75.6. The fourth-order valence-electron chi connectivity index (χ4n) is 2.87. The van der Waals surface area contributed by atoms with Crippen LogP contribution in [-0.4, -0.2) is 20.1 Å². The molecule has 1 aromatic heterocycles. The van der Waals surface area contributed by atoms with Crippen LogP contribution in [0.15, 0.2) is 54.7 Å². The maximum atomic E-state index is 14.3. The summed E-state index contributed by atoms with van der Waals surface area (Å²) in [6, 6.07) is 11.8. The zero-order chi connectivity index (χ0) is 21.2. The molecule has 0 saturated carbocycles. The average molecular weight is 425 g/mol. The topological polar surface area (TPSA) is 59.4 Å². The molecule has 1 atom stereocenters. The lowest BCUT2D eigenvalue weighted by Crippen LogP contribution is -2.17. The first-order valence-electron chi connectivity index (χ1n) is 8.32. The van der Waals surface area contributed by atoms with Gasteiger partial charge in [0.2, 0.25) is 0 Å². The third-order valence-corrected chi connectivity index (χ3v) is 4.68. The quantitative estimate of drug-likeness (QED) is 0.434. The predicted molar refractivity (Wildman–Crippen MR) is 101 cm³/mol. The maximum Gasteiger partial charge on any atom is 0.573 e. The number of hydrogen-bond acceptors (Lipinski definition) is 3. The van der Waals surface area contributed by atoms with Gasteiger partial charge < -0.3 is 9.29 Å². The van der Waals surface area contributed by atoms with Gasteiger partial charge in [0.15, 0.2) is 11.1 Å². The van der Waals surface area contributed by atoms with E-state index in [1.165, 1.54) is 43.5 Å². The number of aryl methyl sites for hydroxylation is 1. The van der Waals surface area contributed by atoms with E-state index in [0.717, 1.165) is 0 Å². The lowest BCUT2D eigenvalue weighted by Gasteiger charge is -2.14. The molecule has 0 amide bonds. The van der Waals surface area contributed by atoms with Crippen LogP contribution in [-0.2, 0) is 16.8 Å². The molecule has 1 unspecified atom stereocenters. The summed E-state index contributed by atoms with van der Waals surface area (Å²) in [6.45, 7) is 1.49. The molecule has 9 heteroatoms. The highest BCUT2D eigenvalue weighted by molar-refractivity contribution is 7.78. The Kier molecular flexibility index (Phi) is 5.99. The van der Waals surface area contributed by atoms with E-state index in [0.29, 0.717) is 22.4 Å². The van der Waals surface area contributed by atoms with Crippen molar-refractivity contribution >= 4 is 11.1 Å². The number of hydrogen-bond donors (Lipinski definition) is 1. The Hall–Kier alpha value is -2.78. The SMILES string of the molecule is Cc1cc(-c2cccnc2-c2ccc(CS(=O)O)c(F)c2)ccc1OC(F)(F)F. The zero-order valence-electron chi connectivity index (χ0n) is 15.0. The Bertz CT molecular complexity index is 1070. The van der Waals surface area contributed by atoms with Crippen LogP contribution in [0.25, 0.3) is 22.4 Å². The summed E-state index contributed by atoms with van der Waals surface area (Å²) in [4.78, 5) is 4.28. The third kappa shape index (κ3) is 5.18. The van der Waals surface area contributed by atoms with Gasteiger partial charge in [-0.05, 0) is 42.3 Å². The molecule has 0 radical (unpaired) electrons. The Morgan fingerprint density at radius 1 is 1.10 bits per heavy atom. The highest BCUT2D eigenvalue weighted by atomic mass is 32.2. The highest BCUT2D eigenvalue weighted by Crippen LogP contribution is 2.34. The minimum absolute atomic E-state index is 0.0940. The van der Waals surface area contributed by atoms with Gasteiger partial charge in [0.05, 0.1) is 11.4 Å². The Labute approximate surface area is 166 Å². The monoisotopic (exact) mass is 425 g/mol. The molecule has 2 aromatic carbocycles. The van der Waals surface area contributed by atoms with Gasteiger partial charge in [0.1, 0.15) is 11.6 Å². The number of rotatable bonds is 5. The number of ether oxygens (including phenoxy) is 1. The molecule has 3 aromatic rings. The van der Waals surface area contributed by atoms with Gasteiger partial charge >= 0.3 is 6.36 Å². The van der Waals surface area contributed by atoms with Crippen LogP contribution in [0.4, 0.5) is 17.6 Å². The molecule has 0 bridgehead atoms. The van der Waals surface area contributed by atoms with Crippen molar-refractivity contribution < 1.29 is 31.1 Å². The molecule has 0 fully saturated rings. The van der Waals surface area contributed by atoms with Crippen molar-refractivity contribution in [2.24, 2.45) is 0 Å². The molecule has 3 rings (SSSR count). The highest BCUT2D eigenvalue weighted by Gasteiger charge is 2.31. The first-order valence-corrected chi connectivity index (χ1v) is 9.59. The fraction of sp³-hybridized carbons (Fsp3) is 0.150. The van der Waals surface area contributed by atoms with Crippen LogP contribution in [0.3, 0.4) is 0 Å². The minimum atomic E-state index is -4.79. The molecular weight excluding hydrogens is 410 g/mol. The molecule has 0 saturated heterocycles. The third-order valence-electron chi connectivity index (χ3n) is 4.12. The standard InChI is InChI=1S/C20H15F4NO3S/c1-12-9-13(6-7-18(12)28-20(22,23)24)16-3-2-8-25-19(16)14-4-5-15(11-29(26)27)17(21)10-14/h2-10H,11H2,1H3,(H,26,27). The van der Waals surface area contributed by atoms with E-state index in [-0.39, 0.29) is 22.6 Å². The summed E-state index contributed by atoms with van der Waals surface area (Å²) >= 11 is -2.17. The van der Waals surface area contributed by atoms with E-state index >= 15 is 0 Å². The van der Waals surface area contributed by atoms with Gasteiger partial charge in [0, 0.05) is 22.9 Å². The summed E-state index contributed by atoms with van der Waals surface area (Å²) in [6.07, 6.45) is -3.27. The Morgan fingerprint density at radius 3 is 2.45 bits per heavy atom. The molecular formula is C20H15F4NO3S. The lowest BCUT2D eigenvalue weighted by atomic mass is 9.97. The van der Waals surface area contributed by atoms with Crippen molar-refractivity contribution in [3.63, 3.8) is 0 Å². The Morgan fingerprint density at radius 2 is 1.83 bits per heavy atom. The van der Waals surface area contributed by atoms with Gasteiger partial charge in [0.25, 0.3) is 0 Å². The van der Waals surface area contributed by atoms with Crippen LogP contribution in [0.5, 0.6) is 5.75 Å². The summed E-state index contributed by atoms with van der Waals surface area (Å²) in [7, 11) is 0. The molecule has 0 spiro atoms. The van der Waals surface area contributed by atoms with Crippen LogP contribution in [0, 0.1) is 12.7 Å². The van der Waals surface area contributed by atoms with Gasteiger partial charge in [-0.15, -0.1) is 13.2 Å². The first-order chi connectivity index (χ1) is 13.6. The van der Waals surface area contributed by atoms with Gasteiger partial charge in [-0.2, -0.15) is 0 Å². The predicted octanol–water partition coefficient (Wildman–Crippen LogP) is 5.48. The fourth-order valence-corrected chi connectivity index (χ4v) is 3.37. The summed E-state index contributed by atoms with van der Waals surface area (Å²) in [5.41, 5.74) is 2.40. The van der Waals surface area contributed by atoms with E-state index in [1.807, 2.05) is 0 Å². The second-order valence-corrected chi connectivity index (χ2v) is 7.13. The minimum Gasteiger partial charge on any atom is -0.406 e. The number of nitrogens with zero attached hydrogens (tertiary/aromatic N) is 1. The van der Waals surface area contributed by atoms with Crippen LogP contribution >= 0.6 is 0 Å². The smallest absolute Gasteiger partial charge is 0.406 e. The first kappa shape index (κ1) is 20.9. The molecule has 0 aliphatic carbocycles. The van der Waals surface area contributed by atoms with Crippen LogP contribution in [0.2, 0.25) is 0 Å². The molecule has 1 N–H and O–H groups in total. The number of pyridine rings is 1. The van der Waals surface area contributed by atoms with Gasteiger partial charge in [-0.3, -0.25) is 4.98 Å². The second-order valence-electron chi connectivity index (χ2n) is 6.20. The Balaban J connectivity index is 2.01. The van der Waals surface area contributed by atoms with E-state index in [1.54, 1.807) is 18.2 Å². The number of alkyl halides is 3. The van der Waals surface area contributed by atoms with Crippen LogP contribution in [0.1, 0.15) is 11.1 Å². The largest absolute Gasteiger partial charge is 0.573 e. The van der Waals surface area contributed by atoms with E-state index in [2.05, 4.69) is 9.72 Å². The van der Waals surface area contributed by atoms with Crippen molar-refractivity contribution in [1.82, 2.24) is 4.98 Å². The number of halogens is 4. The molecule has 152 valence electrons. The van der Waals surface area contributed by atoms with E-state index < -0.39 is 23.3 Å². The number of benzene rings is 2. The van der Waals surface area contributed by atoms with Crippen molar-refractivity contribution in [1.29, 1.82) is 0 Å². The van der Waals surface area contributed by atoms with Crippen molar-refractivity contribution in [3.8, 4) is 28.1 Å². The van der Waals surface area contributed by atoms with E-state index in [4.69, 9.17) is 4.55 Å². The average Bonchev–Trinajstić information content (AvgIpc) is 2.64. The van der Waals surface area contributed by atoms with Gasteiger partial charge in [-0.25, -0.2) is 8.60 Å². The summed E-state index contributed by atoms with van der Waals surface area (Å²) in [5, 5.41) is 0. The zero-order valence-corrected chi connectivity index (χ0v) is 15.9. The molecule has 1 heterocycles. The maximum absolute atomic E-state index is 14.3. The lowest BCUT2D eigenvalue weighted by molar-refractivity contribution is -0.274. The van der Waals surface area contributed by atoms with Crippen molar-refractivity contribution in [2.75, 3.05) is 0 Å². The van der Waals surface area contributed by atoms with Crippen molar-refractivity contribution in [2.45, 2.75) is 19.0 Å². The van der Waals surface area contributed by atoms with E-state index in [9.17, 15) is 21.8 Å². The number of aromatic nitrogens is 1. The molecule has 29 heavy (non-hydrogen) atoms. The van der Waals surface area contributed by atoms with Gasteiger partial charge in [-0.1, -0.05) is 24.3 Å². The molecule has 0 aliphatic rings. The summed E-state index contributed by atoms with van der Waals surface area (Å²) in [5.74, 6) is -1.29. The molecule has 4 nitrogen and oxygen atoms in total.